The second-order valence-corrected chi connectivity index (χ2v) is 5.80. The van der Waals surface area contributed by atoms with Crippen LogP contribution in [0.25, 0.3) is 0 Å². The molecule has 2 N–H and O–H groups in total. The first-order valence-corrected chi connectivity index (χ1v) is 7.36. The molecule has 0 heterocycles. The van der Waals surface area contributed by atoms with Crippen LogP contribution < -0.4 is 10.6 Å². The fourth-order valence-corrected chi connectivity index (χ4v) is 2.18. The summed E-state index contributed by atoms with van der Waals surface area (Å²) in [6.45, 7) is 0. The highest BCUT2D eigenvalue weighted by Crippen LogP contribution is 2.19. The van der Waals surface area contributed by atoms with Gasteiger partial charge < -0.3 is 5.32 Å². The molecular formula is C14H9BrClFN2OS. The van der Waals surface area contributed by atoms with Gasteiger partial charge in [0.15, 0.2) is 5.11 Å². The highest BCUT2D eigenvalue weighted by atomic mass is 79.9. The van der Waals surface area contributed by atoms with Gasteiger partial charge in [0.2, 0.25) is 0 Å². The molecule has 0 spiro atoms. The van der Waals surface area contributed by atoms with Gasteiger partial charge in [0.05, 0.1) is 5.69 Å². The molecule has 0 aliphatic carbocycles. The average molecular weight is 388 g/mol. The molecule has 0 saturated carbocycles. The Hall–Kier alpha value is -1.50. The molecular weight excluding hydrogens is 379 g/mol. The number of rotatable bonds is 2. The molecule has 0 radical (unpaired) electrons. The van der Waals surface area contributed by atoms with Crippen LogP contribution in [0.1, 0.15) is 10.4 Å². The molecule has 3 nitrogen and oxygen atoms in total. The summed E-state index contributed by atoms with van der Waals surface area (Å²) in [6.07, 6.45) is 0. The third-order valence-corrected chi connectivity index (χ3v) is 3.46. The first-order chi connectivity index (χ1) is 9.95. The minimum atomic E-state index is -0.479. The molecule has 2 aromatic rings. The number of benzene rings is 2. The smallest absolute Gasteiger partial charge is 0.257 e. The quantitative estimate of drug-likeness (QED) is 0.752. The second-order valence-electron chi connectivity index (χ2n) is 4.04. The van der Waals surface area contributed by atoms with E-state index in [0.717, 1.165) is 0 Å². The standard InChI is InChI=1S/C14H9BrClFN2OS/c15-9-3-6-12(11(17)7-9)18-14(21)19-13(20)8-1-4-10(16)5-2-8/h1-7H,(H2,18,19,20,21). The van der Waals surface area contributed by atoms with Crippen molar-refractivity contribution < 1.29 is 9.18 Å². The maximum atomic E-state index is 13.6. The number of hydrogen-bond acceptors (Lipinski definition) is 2. The van der Waals surface area contributed by atoms with Gasteiger partial charge in [0, 0.05) is 15.1 Å². The SMILES string of the molecule is O=C(NC(=S)Nc1ccc(Br)cc1F)c1ccc(Cl)cc1. The number of carbonyl (C=O) groups excluding carboxylic acids is 1. The molecule has 0 atom stereocenters. The van der Waals surface area contributed by atoms with E-state index in [-0.39, 0.29) is 10.8 Å². The van der Waals surface area contributed by atoms with Gasteiger partial charge in [-0.25, -0.2) is 4.39 Å². The Morgan fingerprint density at radius 3 is 2.48 bits per heavy atom. The van der Waals surface area contributed by atoms with Crippen LogP contribution in [0.4, 0.5) is 10.1 Å². The summed E-state index contributed by atoms with van der Waals surface area (Å²) in [5.41, 5.74) is 0.583. The molecule has 2 rings (SSSR count). The maximum Gasteiger partial charge on any atom is 0.257 e. The van der Waals surface area contributed by atoms with Crippen molar-refractivity contribution in [2.24, 2.45) is 0 Å². The van der Waals surface area contributed by atoms with Crippen molar-refractivity contribution in [3.63, 3.8) is 0 Å². The largest absolute Gasteiger partial charge is 0.330 e. The van der Waals surface area contributed by atoms with Crippen molar-refractivity contribution in [3.8, 4) is 0 Å². The van der Waals surface area contributed by atoms with E-state index in [4.69, 9.17) is 23.8 Å². The fourth-order valence-electron chi connectivity index (χ4n) is 1.52. The Bertz CT molecular complexity index is 694. The lowest BCUT2D eigenvalue weighted by atomic mass is 10.2. The van der Waals surface area contributed by atoms with Crippen LogP contribution in [0.15, 0.2) is 46.9 Å². The van der Waals surface area contributed by atoms with E-state index in [0.29, 0.717) is 15.1 Å². The van der Waals surface area contributed by atoms with Gasteiger partial charge in [0.1, 0.15) is 5.82 Å². The summed E-state index contributed by atoms with van der Waals surface area (Å²) < 4.78 is 14.2. The predicted octanol–water partition coefficient (Wildman–Crippen LogP) is 4.37. The second kappa shape index (κ2) is 6.98. The molecule has 0 aliphatic heterocycles. The predicted molar refractivity (Wildman–Crippen MR) is 89.2 cm³/mol. The zero-order valence-electron chi connectivity index (χ0n) is 10.5. The number of anilines is 1. The van der Waals surface area contributed by atoms with E-state index in [2.05, 4.69) is 26.6 Å². The summed E-state index contributed by atoms with van der Waals surface area (Å²) in [5.74, 6) is -0.880. The summed E-state index contributed by atoms with van der Waals surface area (Å²) in [5, 5.41) is 5.63. The highest BCUT2D eigenvalue weighted by Gasteiger charge is 2.09. The van der Waals surface area contributed by atoms with Crippen molar-refractivity contribution in [2.75, 3.05) is 5.32 Å². The molecule has 1 amide bonds. The average Bonchev–Trinajstić information content (AvgIpc) is 2.42. The van der Waals surface area contributed by atoms with Crippen molar-refractivity contribution >= 4 is 56.5 Å². The number of carbonyl (C=O) groups is 1. The normalized spacial score (nSPS) is 10.0. The van der Waals surface area contributed by atoms with Gasteiger partial charge in [0.25, 0.3) is 5.91 Å². The Morgan fingerprint density at radius 2 is 1.86 bits per heavy atom. The van der Waals surface area contributed by atoms with Gasteiger partial charge in [-0.05, 0) is 54.7 Å². The summed E-state index contributed by atoms with van der Waals surface area (Å²) in [4.78, 5) is 11.9. The summed E-state index contributed by atoms with van der Waals surface area (Å²) in [6, 6.07) is 10.8. The van der Waals surface area contributed by atoms with E-state index >= 15 is 0 Å². The van der Waals surface area contributed by atoms with Gasteiger partial charge in [-0.15, -0.1) is 0 Å². The van der Waals surface area contributed by atoms with Gasteiger partial charge in [-0.3, -0.25) is 10.1 Å². The summed E-state index contributed by atoms with van der Waals surface area (Å²) >= 11 is 13.9. The maximum absolute atomic E-state index is 13.6. The zero-order chi connectivity index (χ0) is 15.4. The van der Waals surface area contributed by atoms with Crippen molar-refractivity contribution in [1.29, 1.82) is 0 Å². The van der Waals surface area contributed by atoms with Gasteiger partial charge in [-0.2, -0.15) is 0 Å². The molecule has 0 bridgehead atoms. The van der Waals surface area contributed by atoms with E-state index < -0.39 is 11.7 Å². The lowest BCUT2D eigenvalue weighted by molar-refractivity contribution is 0.0977. The number of thiocarbonyl (C=S) groups is 1. The van der Waals surface area contributed by atoms with Crippen LogP contribution >= 0.6 is 39.7 Å². The lowest BCUT2D eigenvalue weighted by Gasteiger charge is -2.10. The van der Waals surface area contributed by atoms with Crippen LogP contribution in [0.5, 0.6) is 0 Å². The first kappa shape index (κ1) is 15.9. The van der Waals surface area contributed by atoms with Crippen LogP contribution in [-0.4, -0.2) is 11.0 Å². The molecule has 2 aromatic carbocycles. The van der Waals surface area contributed by atoms with Gasteiger partial charge in [-0.1, -0.05) is 27.5 Å². The zero-order valence-corrected chi connectivity index (χ0v) is 13.7. The van der Waals surface area contributed by atoms with E-state index in [1.807, 2.05) is 0 Å². The fraction of sp³-hybridized carbons (Fsp3) is 0. The first-order valence-electron chi connectivity index (χ1n) is 5.78. The summed E-state index contributed by atoms with van der Waals surface area (Å²) in [7, 11) is 0. The minimum Gasteiger partial charge on any atom is -0.330 e. The molecule has 0 aromatic heterocycles. The van der Waals surface area contributed by atoms with E-state index in [1.54, 1.807) is 30.3 Å². The molecule has 0 unspecified atom stereocenters. The van der Waals surface area contributed by atoms with E-state index in [9.17, 15) is 9.18 Å². The third kappa shape index (κ3) is 4.49. The topological polar surface area (TPSA) is 41.1 Å². The number of nitrogens with one attached hydrogen (secondary N) is 2. The van der Waals surface area contributed by atoms with Crippen LogP contribution in [0, 0.1) is 5.82 Å². The Morgan fingerprint density at radius 1 is 1.19 bits per heavy atom. The van der Waals surface area contributed by atoms with Crippen LogP contribution in [-0.2, 0) is 0 Å². The molecule has 7 heteroatoms. The van der Waals surface area contributed by atoms with Crippen LogP contribution in [0.3, 0.4) is 0 Å². The third-order valence-electron chi connectivity index (χ3n) is 2.51. The lowest BCUT2D eigenvalue weighted by Crippen LogP contribution is -2.34. The van der Waals surface area contributed by atoms with Crippen molar-refractivity contribution in [3.05, 3.63) is 63.3 Å². The Balaban J connectivity index is 2.01. The molecule has 21 heavy (non-hydrogen) atoms. The molecule has 0 fully saturated rings. The van der Waals surface area contributed by atoms with Crippen LogP contribution in [0.2, 0.25) is 5.02 Å². The minimum absolute atomic E-state index is 0.0103. The van der Waals surface area contributed by atoms with E-state index in [1.165, 1.54) is 12.1 Å². The number of hydrogen-bond donors (Lipinski definition) is 2. The van der Waals surface area contributed by atoms with Gasteiger partial charge >= 0.3 is 0 Å². The molecule has 0 aliphatic rings. The highest BCUT2D eigenvalue weighted by molar-refractivity contribution is 9.10. The number of amides is 1. The Kier molecular flexibility index (Phi) is 5.27. The van der Waals surface area contributed by atoms with Crippen molar-refractivity contribution in [2.45, 2.75) is 0 Å². The Labute approximate surface area is 139 Å². The molecule has 108 valence electrons. The van der Waals surface area contributed by atoms with Crippen molar-refractivity contribution in [1.82, 2.24) is 5.32 Å². The number of halogens is 3. The molecule has 0 saturated heterocycles. The monoisotopic (exact) mass is 386 g/mol.